The van der Waals surface area contributed by atoms with E-state index in [-0.39, 0.29) is 5.75 Å². The van der Waals surface area contributed by atoms with Crippen LogP contribution >= 0.6 is 0 Å². The summed E-state index contributed by atoms with van der Waals surface area (Å²) in [5, 5.41) is 20.2. The van der Waals surface area contributed by atoms with E-state index in [0.29, 0.717) is 28.8 Å². The zero-order chi connectivity index (χ0) is 23.7. The molecule has 0 aliphatic rings. The summed E-state index contributed by atoms with van der Waals surface area (Å²) in [6, 6.07) is 17.1. The van der Waals surface area contributed by atoms with Gasteiger partial charge >= 0.3 is 0 Å². The van der Waals surface area contributed by atoms with Gasteiger partial charge in [-0.15, -0.1) is 0 Å². The molecule has 1 unspecified atom stereocenters. The Balaban J connectivity index is 1.91. The Morgan fingerprint density at radius 3 is 1.55 bits per heavy atom. The third-order valence-corrected chi connectivity index (χ3v) is 5.40. The molecule has 2 N–H and O–H groups in total. The Labute approximate surface area is 193 Å². The molecule has 33 heavy (non-hydrogen) atoms. The summed E-state index contributed by atoms with van der Waals surface area (Å²) >= 11 is 0. The molecule has 0 aliphatic carbocycles. The fraction of sp³-hybridized carbons (Fsp3) is 0.222. The zero-order valence-electron chi connectivity index (χ0n) is 19.4. The molecule has 0 fully saturated rings. The summed E-state index contributed by atoms with van der Waals surface area (Å²) in [4.78, 5) is 14.2. The van der Waals surface area contributed by atoms with Gasteiger partial charge in [-0.3, -0.25) is 0 Å². The SMILES string of the molecule is Cc1ccc(-c2nc(-c3ccc(C)cc3C)nc(-c3ccc(OC(C)O)cc3O)n2)c(C)c1. The number of aliphatic hydroxyl groups excluding tert-OH is 1. The molecule has 0 saturated heterocycles. The van der Waals surface area contributed by atoms with Crippen molar-refractivity contribution in [3.05, 3.63) is 76.9 Å². The molecule has 168 valence electrons. The van der Waals surface area contributed by atoms with Crippen LogP contribution in [0.1, 0.15) is 29.2 Å². The maximum absolute atomic E-state index is 10.7. The Bertz CT molecular complexity index is 1260. The number of hydrogen-bond donors (Lipinski definition) is 2. The number of hydrogen-bond acceptors (Lipinski definition) is 6. The average molecular weight is 442 g/mol. The van der Waals surface area contributed by atoms with Crippen LogP contribution in [0.15, 0.2) is 54.6 Å². The molecule has 0 amide bonds. The molecule has 6 nitrogen and oxygen atoms in total. The smallest absolute Gasteiger partial charge is 0.194 e. The van der Waals surface area contributed by atoms with Crippen LogP contribution in [0.4, 0.5) is 0 Å². The fourth-order valence-electron chi connectivity index (χ4n) is 3.84. The molecule has 0 spiro atoms. The molecule has 3 aromatic carbocycles. The number of nitrogens with zero attached hydrogens (tertiary/aromatic N) is 3. The monoisotopic (exact) mass is 441 g/mol. The van der Waals surface area contributed by atoms with Crippen molar-refractivity contribution >= 4 is 0 Å². The van der Waals surface area contributed by atoms with E-state index >= 15 is 0 Å². The maximum atomic E-state index is 10.7. The largest absolute Gasteiger partial charge is 0.507 e. The highest BCUT2D eigenvalue weighted by Gasteiger charge is 2.17. The summed E-state index contributed by atoms with van der Waals surface area (Å²) in [5.41, 5.74) is 6.70. The Morgan fingerprint density at radius 2 is 1.12 bits per heavy atom. The summed E-state index contributed by atoms with van der Waals surface area (Å²) in [7, 11) is 0. The van der Waals surface area contributed by atoms with E-state index in [1.165, 1.54) is 13.0 Å². The lowest BCUT2D eigenvalue weighted by Gasteiger charge is -2.13. The van der Waals surface area contributed by atoms with Gasteiger partial charge in [0, 0.05) is 17.2 Å². The van der Waals surface area contributed by atoms with Gasteiger partial charge in [0.1, 0.15) is 11.5 Å². The lowest BCUT2D eigenvalue weighted by molar-refractivity contribution is -0.000385. The van der Waals surface area contributed by atoms with Gasteiger partial charge < -0.3 is 14.9 Å². The molecule has 0 saturated carbocycles. The fourth-order valence-corrected chi connectivity index (χ4v) is 3.84. The van der Waals surface area contributed by atoms with Crippen LogP contribution in [-0.2, 0) is 0 Å². The lowest BCUT2D eigenvalue weighted by atomic mass is 10.0. The normalized spacial score (nSPS) is 11.9. The van der Waals surface area contributed by atoms with Gasteiger partial charge in [0.25, 0.3) is 0 Å². The number of aliphatic hydroxyl groups is 1. The highest BCUT2D eigenvalue weighted by atomic mass is 16.6. The number of aryl methyl sites for hydroxylation is 4. The highest BCUT2D eigenvalue weighted by Crippen LogP contribution is 2.34. The second-order valence-corrected chi connectivity index (χ2v) is 8.34. The summed E-state index contributed by atoms with van der Waals surface area (Å²) in [5.74, 6) is 1.74. The first-order chi connectivity index (χ1) is 15.7. The van der Waals surface area contributed by atoms with E-state index in [4.69, 9.17) is 19.7 Å². The molecular formula is C27H27N3O3. The molecule has 0 radical (unpaired) electrons. The van der Waals surface area contributed by atoms with Crippen LogP contribution in [0.25, 0.3) is 34.2 Å². The van der Waals surface area contributed by atoms with Crippen LogP contribution in [0.5, 0.6) is 11.5 Å². The van der Waals surface area contributed by atoms with Crippen molar-refractivity contribution in [1.82, 2.24) is 15.0 Å². The summed E-state index contributed by atoms with van der Waals surface area (Å²) in [6.45, 7) is 9.66. The van der Waals surface area contributed by atoms with Gasteiger partial charge in [0.2, 0.25) is 0 Å². The molecule has 1 aromatic heterocycles. The lowest BCUT2D eigenvalue weighted by Crippen LogP contribution is -2.09. The van der Waals surface area contributed by atoms with Gasteiger partial charge in [0.05, 0.1) is 5.56 Å². The molecule has 1 heterocycles. The van der Waals surface area contributed by atoms with Crippen molar-refractivity contribution in [2.75, 3.05) is 0 Å². The van der Waals surface area contributed by atoms with Crippen LogP contribution in [0.3, 0.4) is 0 Å². The number of rotatable bonds is 5. The highest BCUT2D eigenvalue weighted by molar-refractivity contribution is 5.72. The average Bonchev–Trinajstić information content (AvgIpc) is 2.73. The second-order valence-electron chi connectivity index (χ2n) is 8.34. The molecule has 0 bridgehead atoms. The van der Waals surface area contributed by atoms with Crippen molar-refractivity contribution in [2.45, 2.75) is 40.9 Å². The molecule has 4 rings (SSSR count). The van der Waals surface area contributed by atoms with Gasteiger partial charge in [-0.05, 0) is 57.9 Å². The third kappa shape index (κ3) is 4.86. The number of benzene rings is 3. The first-order valence-electron chi connectivity index (χ1n) is 10.8. The minimum atomic E-state index is -0.986. The third-order valence-electron chi connectivity index (χ3n) is 5.40. The van der Waals surface area contributed by atoms with E-state index in [0.717, 1.165) is 33.4 Å². The van der Waals surface area contributed by atoms with Crippen molar-refractivity contribution in [1.29, 1.82) is 0 Å². The molecular weight excluding hydrogens is 414 g/mol. The van der Waals surface area contributed by atoms with E-state index in [2.05, 4.69) is 12.1 Å². The molecule has 1 atom stereocenters. The minimum Gasteiger partial charge on any atom is -0.507 e. The van der Waals surface area contributed by atoms with Crippen LogP contribution < -0.4 is 4.74 Å². The zero-order valence-corrected chi connectivity index (χ0v) is 19.4. The topological polar surface area (TPSA) is 88.4 Å². The number of phenols is 1. The number of ether oxygens (including phenoxy) is 1. The Hall–Kier alpha value is -3.77. The van der Waals surface area contributed by atoms with Crippen LogP contribution in [0, 0.1) is 27.7 Å². The van der Waals surface area contributed by atoms with Gasteiger partial charge in [0.15, 0.2) is 23.8 Å². The first-order valence-corrected chi connectivity index (χ1v) is 10.8. The van der Waals surface area contributed by atoms with E-state index in [9.17, 15) is 10.2 Å². The minimum absolute atomic E-state index is 0.0440. The number of aromatic hydroxyl groups is 1. The van der Waals surface area contributed by atoms with Crippen molar-refractivity contribution in [3.63, 3.8) is 0 Å². The van der Waals surface area contributed by atoms with Gasteiger partial charge in [-0.25, -0.2) is 15.0 Å². The summed E-state index contributed by atoms with van der Waals surface area (Å²) < 4.78 is 5.27. The van der Waals surface area contributed by atoms with E-state index in [1.807, 2.05) is 52.0 Å². The molecule has 0 aliphatic heterocycles. The predicted molar refractivity (Wildman–Crippen MR) is 129 cm³/mol. The van der Waals surface area contributed by atoms with E-state index < -0.39 is 6.29 Å². The van der Waals surface area contributed by atoms with Crippen molar-refractivity contribution in [2.24, 2.45) is 0 Å². The quantitative estimate of drug-likeness (QED) is 0.396. The number of phenolic OH excluding ortho intramolecular Hbond substituents is 1. The van der Waals surface area contributed by atoms with Crippen molar-refractivity contribution < 1.29 is 14.9 Å². The second kappa shape index (κ2) is 9.00. The first kappa shape index (κ1) is 22.4. The standard InChI is InChI=1S/C27H27N3O3/c1-15-6-9-21(17(3)12-15)25-28-26(22-10-7-16(2)13-18(22)4)30-27(29-25)23-11-8-20(14-24(23)32)33-19(5)31/h6-14,19,31-32H,1-5H3. The van der Waals surface area contributed by atoms with Gasteiger partial charge in [-0.2, -0.15) is 0 Å². The van der Waals surface area contributed by atoms with Gasteiger partial charge in [-0.1, -0.05) is 47.5 Å². The summed E-state index contributed by atoms with van der Waals surface area (Å²) in [6.07, 6.45) is -0.986. The molecule has 6 heteroatoms. The Morgan fingerprint density at radius 1 is 0.667 bits per heavy atom. The van der Waals surface area contributed by atoms with Crippen LogP contribution in [-0.4, -0.2) is 31.5 Å². The predicted octanol–water partition coefficient (Wildman–Crippen LogP) is 5.53. The Kier molecular flexibility index (Phi) is 6.11. The maximum Gasteiger partial charge on any atom is 0.194 e. The van der Waals surface area contributed by atoms with Crippen molar-refractivity contribution in [3.8, 4) is 45.7 Å². The molecule has 4 aromatic rings. The van der Waals surface area contributed by atoms with E-state index in [1.54, 1.807) is 12.1 Å². The number of aromatic nitrogens is 3. The van der Waals surface area contributed by atoms with Crippen LogP contribution in [0.2, 0.25) is 0 Å².